The van der Waals surface area contributed by atoms with E-state index in [1.54, 1.807) is 21.0 Å². The molecular formula is C27H25ClN2O4. The molecule has 0 aliphatic carbocycles. The van der Waals surface area contributed by atoms with Gasteiger partial charge < -0.3 is 19.1 Å². The third-order valence-corrected chi connectivity index (χ3v) is 6.21. The van der Waals surface area contributed by atoms with Crippen LogP contribution in [0.1, 0.15) is 25.0 Å². The van der Waals surface area contributed by atoms with Crippen LogP contribution in [0.3, 0.4) is 0 Å². The van der Waals surface area contributed by atoms with Crippen molar-refractivity contribution in [3.8, 4) is 11.5 Å². The topological polar surface area (TPSA) is 60.4 Å². The highest BCUT2D eigenvalue weighted by Crippen LogP contribution is 2.41. The first-order valence-electron chi connectivity index (χ1n) is 11.1. The number of Topliss-reactive ketones (excluding diaryl/α,β-unsaturated/α-hetero) is 1. The van der Waals surface area contributed by atoms with Crippen LogP contribution in [0.5, 0.6) is 11.5 Å². The molecule has 1 unspecified atom stereocenters. The Morgan fingerprint density at radius 3 is 2.44 bits per heavy atom. The van der Waals surface area contributed by atoms with Crippen LogP contribution < -0.4 is 9.47 Å². The Balaban J connectivity index is 1.33. The highest BCUT2D eigenvalue weighted by atomic mass is 35.5. The molecule has 0 saturated carbocycles. The van der Waals surface area contributed by atoms with Gasteiger partial charge in [0.15, 0.2) is 5.60 Å². The number of hydrogen-bond donors (Lipinski definition) is 0. The zero-order valence-electron chi connectivity index (χ0n) is 19.2. The van der Waals surface area contributed by atoms with E-state index in [1.807, 2.05) is 71.8 Å². The Kier molecular flexibility index (Phi) is 5.70. The number of amidine groups is 1. The zero-order chi connectivity index (χ0) is 23.9. The molecule has 3 heterocycles. The fraction of sp³-hybridized carbons (Fsp3) is 0.259. The molecule has 0 amide bonds. The van der Waals surface area contributed by atoms with Crippen molar-refractivity contribution >= 4 is 34.6 Å². The molecule has 0 saturated heterocycles. The van der Waals surface area contributed by atoms with Gasteiger partial charge in [0.25, 0.3) is 0 Å². The van der Waals surface area contributed by atoms with Gasteiger partial charge in [-0.15, -0.1) is 0 Å². The van der Waals surface area contributed by atoms with Gasteiger partial charge in [-0.25, -0.2) is 0 Å². The van der Waals surface area contributed by atoms with E-state index in [0.29, 0.717) is 23.0 Å². The third kappa shape index (κ3) is 4.21. The number of nitrogens with zero attached hydrogens (tertiary/aromatic N) is 2. The molecule has 7 heteroatoms. The number of fused-ring (bicyclic) bond motifs is 1. The minimum absolute atomic E-state index is 0.0214. The summed E-state index contributed by atoms with van der Waals surface area (Å²) in [6, 6.07) is 15.1. The smallest absolute Gasteiger partial charge is 0.210 e. The van der Waals surface area contributed by atoms with Crippen molar-refractivity contribution in [2.45, 2.75) is 25.5 Å². The number of methoxy groups -OCH3 is 1. The van der Waals surface area contributed by atoms with Gasteiger partial charge >= 0.3 is 0 Å². The van der Waals surface area contributed by atoms with E-state index >= 15 is 0 Å². The molecule has 2 aromatic rings. The number of benzene rings is 2. The summed E-state index contributed by atoms with van der Waals surface area (Å²) in [7, 11) is 1.62. The van der Waals surface area contributed by atoms with Gasteiger partial charge in [0.1, 0.15) is 35.7 Å². The lowest BCUT2D eigenvalue weighted by molar-refractivity contribution is -0.125. The molecule has 6 nitrogen and oxygen atoms in total. The van der Waals surface area contributed by atoms with Crippen LogP contribution in [-0.4, -0.2) is 48.4 Å². The minimum atomic E-state index is -0.931. The fourth-order valence-corrected chi connectivity index (χ4v) is 4.37. The number of aliphatic imine (C=N–C) groups is 1. The van der Waals surface area contributed by atoms with Crippen molar-refractivity contribution in [3.05, 3.63) is 83.0 Å². The third-order valence-electron chi connectivity index (χ3n) is 5.98. The van der Waals surface area contributed by atoms with E-state index in [-0.39, 0.29) is 11.8 Å². The molecule has 34 heavy (non-hydrogen) atoms. The number of ether oxygens (including phenoxy) is 3. The van der Waals surface area contributed by atoms with E-state index in [0.717, 1.165) is 35.0 Å². The van der Waals surface area contributed by atoms with Gasteiger partial charge in [-0.3, -0.25) is 9.79 Å². The Bertz CT molecular complexity index is 1240. The second-order valence-electron chi connectivity index (χ2n) is 8.85. The van der Waals surface area contributed by atoms with E-state index in [4.69, 9.17) is 25.8 Å². The average molecular weight is 477 g/mol. The van der Waals surface area contributed by atoms with Crippen molar-refractivity contribution in [2.75, 3.05) is 20.3 Å². The van der Waals surface area contributed by atoms with Gasteiger partial charge in [-0.2, -0.15) is 0 Å². The van der Waals surface area contributed by atoms with E-state index < -0.39 is 5.60 Å². The van der Waals surface area contributed by atoms with Crippen LogP contribution >= 0.6 is 11.6 Å². The van der Waals surface area contributed by atoms with Crippen LogP contribution in [0.15, 0.2) is 76.9 Å². The molecule has 0 radical (unpaired) electrons. The predicted molar refractivity (Wildman–Crippen MR) is 133 cm³/mol. The standard InChI is InChI=1S/C27H25ClN2O4/c1-27(2)26(31)24(25(34-27)18-6-9-21(32-3)10-7-18)17-4-11-22(12-5-17)33-16-20-15-30-14-19(28)8-13-23(30)29-20/h4-14,20H,15-16H2,1-3H3. The molecule has 174 valence electrons. The molecule has 5 rings (SSSR count). The maximum Gasteiger partial charge on any atom is 0.210 e. The number of rotatable bonds is 6. The summed E-state index contributed by atoms with van der Waals surface area (Å²) in [6.07, 6.45) is 5.63. The second-order valence-corrected chi connectivity index (χ2v) is 9.29. The summed E-state index contributed by atoms with van der Waals surface area (Å²) in [5.74, 6) is 2.88. The first-order chi connectivity index (χ1) is 16.3. The minimum Gasteiger partial charge on any atom is -0.497 e. The molecule has 0 fully saturated rings. The van der Waals surface area contributed by atoms with Crippen molar-refractivity contribution < 1.29 is 19.0 Å². The van der Waals surface area contributed by atoms with Gasteiger partial charge in [0.05, 0.1) is 17.7 Å². The average Bonchev–Trinajstić information content (AvgIpc) is 3.35. The summed E-state index contributed by atoms with van der Waals surface area (Å²) in [5, 5.41) is 0.688. The van der Waals surface area contributed by atoms with Crippen LogP contribution in [-0.2, 0) is 9.53 Å². The monoisotopic (exact) mass is 476 g/mol. The molecule has 3 aliphatic rings. The van der Waals surface area contributed by atoms with E-state index in [1.165, 1.54) is 0 Å². The number of allylic oxidation sites excluding steroid dienone is 2. The zero-order valence-corrected chi connectivity index (χ0v) is 20.0. The Labute approximate surface area is 203 Å². The molecule has 0 N–H and O–H groups in total. The fourth-order valence-electron chi connectivity index (χ4n) is 4.19. The number of hydrogen-bond acceptors (Lipinski definition) is 6. The number of carbonyl (C=O) groups excluding carboxylic acids is 1. The van der Waals surface area contributed by atoms with Crippen molar-refractivity contribution in [1.82, 2.24) is 4.90 Å². The van der Waals surface area contributed by atoms with Gasteiger partial charge in [-0.1, -0.05) is 23.7 Å². The van der Waals surface area contributed by atoms with E-state index in [9.17, 15) is 4.79 Å². The predicted octanol–water partition coefficient (Wildman–Crippen LogP) is 5.05. The number of carbonyl (C=O) groups is 1. The quantitative estimate of drug-likeness (QED) is 0.583. The van der Waals surface area contributed by atoms with Crippen molar-refractivity contribution in [1.29, 1.82) is 0 Å². The van der Waals surface area contributed by atoms with Crippen molar-refractivity contribution in [3.63, 3.8) is 0 Å². The van der Waals surface area contributed by atoms with Crippen LogP contribution in [0.4, 0.5) is 0 Å². The Hall–Kier alpha value is -3.51. The summed E-state index contributed by atoms with van der Waals surface area (Å²) >= 11 is 6.07. The first-order valence-corrected chi connectivity index (χ1v) is 11.5. The first kappa shape index (κ1) is 22.3. The second kappa shape index (κ2) is 8.69. The SMILES string of the molecule is COc1ccc(C2=C(c3ccc(OCC4CN5C=C(Cl)C=CC5=N4)cc3)C(=O)C(C)(C)O2)cc1. The summed E-state index contributed by atoms with van der Waals surface area (Å²) in [5.41, 5.74) is 1.25. The Morgan fingerprint density at radius 1 is 1.06 bits per heavy atom. The molecule has 2 aromatic carbocycles. The summed E-state index contributed by atoms with van der Waals surface area (Å²) in [6.45, 7) is 4.76. The lowest BCUT2D eigenvalue weighted by Gasteiger charge is -2.18. The molecule has 3 aliphatic heterocycles. The maximum absolute atomic E-state index is 13.2. The van der Waals surface area contributed by atoms with Crippen LogP contribution in [0.25, 0.3) is 11.3 Å². The highest BCUT2D eigenvalue weighted by molar-refractivity contribution is 6.33. The molecule has 0 bridgehead atoms. The van der Waals surface area contributed by atoms with Crippen molar-refractivity contribution in [2.24, 2.45) is 4.99 Å². The lowest BCUT2D eigenvalue weighted by Crippen LogP contribution is -2.29. The van der Waals surface area contributed by atoms with Crippen LogP contribution in [0.2, 0.25) is 0 Å². The Morgan fingerprint density at radius 2 is 1.74 bits per heavy atom. The lowest BCUT2D eigenvalue weighted by atomic mass is 9.92. The highest BCUT2D eigenvalue weighted by Gasteiger charge is 2.42. The molecule has 0 spiro atoms. The largest absolute Gasteiger partial charge is 0.497 e. The normalized spacial score (nSPS) is 20.6. The molecular weight excluding hydrogens is 452 g/mol. The van der Waals surface area contributed by atoms with Gasteiger partial charge in [0.2, 0.25) is 5.78 Å². The van der Waals surface area contributed by atoms with Crippen LogP contribution in [0, 0.1) is 0 Å². The number of ketones is 1. The summed E-state index contributed by atoms with van der Waals surface area (Å²) < 4.78 is 17.3. The summed E-state index contributed by atoms with van der Waals surface area (Å²) in [4.78, 5) is 19.9. The molecule has 1 atom stereocenters. The molecule has 0 aromatic heterocycles. The van der Waals surface area contributed by atoms with Gasteiger partial charge in [-0.05, 0) is 68.0 Å². The van der Waals surface area contributed by atoms with Gasteiger partial charge in [0, 0.05) is 18.3 Å². The van der Waals surface area contributed by atoms with E-state index in [2.05, 4.69) is 4.99 Å². The maximum atomic E-state index is 13.2. The number of halogens is 1.